The summed E-state index contributed by atoms with van der Waals surface area (Å²) >= 11 is 0. The highest BCUT2D eigenvalue weighted by atomic mass is 16.6. The highest BCUT2D eigenvalue weighted by Gasteiger charge is 2.78. The standard InChI is InChI=1S/C32H34O10/c1-6-16(2)27(35)40-22-8-7-18-19(9-11-30(3)20(18)13-23(34)41-25(30)17-10-12-39-15-17)31(4)21(33)14-32(22)24(31)28(36)42-26(32)29(37)38-5/h6-8,10,12,15,19,22,24-26H,9,11,13-14H2,1-5H3/b8-7-,16-6+/t19-,22+,24+,25-,26+,30+,31+,32+/m0/s1. The summed E-state index contributed by atoms with van der Waals surface area (Å²) in [5, 5.41) is 0. The van der Waals surface area contributed by atoms with Crippen molar-refractivity contribution in [2.75, 3.05) is 7.11 Å². The molecule has 1 aromatic rings. The first kappa shape index (κ1) is 28.2. The molecule has 3 aliphatic carbocycles. The Hall–Kier alpha value is -3.95. The van der Waals surface area contributed by atoms with Crippen LogP contribution in [0.5, 0.6) is 0 Å². The summed E-state index contributed by atoms with van der Waals surface area (Å²) in [4.78, 5) is 67.2. The predicted molar refractivity (Wildman–Crippen MR) is 144 cm³/mol. The van der Waals surface area contributed by atoms with Crippen LogP contribution in [0.15, 0.2) is 58.0 Å². The Labute approximate surface area is 243 Å². The second kappa shape index (κ2) is 9.54. The van der Waals surface area contributed by atoms with Gasteiger partial charge in [-0.1, -0.05) is 26.0 Å². The van der Waals surface area contributed by atoms with E-state index in [1.54, 1.807) is 45.3 Å². The summed E-state index contributed by atoms with van der Waals surface area (Å²) in [6.07, 6.45) is 5.83. The molecule has 222 valence electrons. The Morgan fingerprint density at radius 2 is 1.90 bits per heavy atom. The lowest BCUT2D eigenvalue weighted by Gasteiger charge is -2.51. The van der Waals surface area contributed by atoms with Gasteiger partial charge in [0.2, 0.25) is 6.10 Å². The van der Waals surface area contributed by atoms with Gasteiger partial charge >= 0.3 is 23.9 Å². The molecule has 42 heavy (non-hydrogen) atoms. The van der Waals surface area contributed by atoms with Gasteiger partial charge in [-0.3, -0.25) is 14.4 Å². The largest absolute Gasteiger partial charge is 0.472 e. The fourth-order valence-corrected chi connectivity index (χ4v) is 8.35. The second-order valence-electron chi connectivity index (χ2n) is 12.5. The summed E-state index contributed by atoms with van der Waals surface area (Å²) in [5.74, 6) is -4.32. The zero-order valence-electron chi connectivity index (χ0n) is 24.3. The Morgan fingerprint density at radius 3 is 2.57 bits per heavy atom. The number of hydrogen-bond acceptors (Lipinski definition) is 10. The minimum Gasteiger partial charge on any atom is -0.472 e. The third-order valence-corrected chi connectivity index (χ3v) is 10.6. The average molecular weight is 579 g/mol. The molecule has 0 N–H and O–H groups in total. The Balaban J connectivity index is 1.59. The zero-order chi connectivity index (χ0) is 30.2. The highest BCUT2D eigenvalue weighted by molar-refractivity contribution is 6.01. The SMILES string of the molecule is C/C=C(\C)C(=O)O[C@@H]1/C=C\C2=C3CC(=O)O[C@@H](c4ccoc4)[C@]3(C)CC[C@@H]2[C@]2(C)C(=O)C[C@@]13[C@@H](C(=O)OC)OC(=O)[C@H]23. The maximum absolute atomic E-state index is 14.3. The number of hydrogen-bond donors (Lipinski definition) is 0. The molecule has 1 saturated carbocycles. The summed E-state index contributed by atoms with van der Waals surface area (Å²) in [6, 6.07) is 1.77. The fraction of sp³-hybridized carbons (Fsp3) is 0.531. The van der Waals surface area contributed by atoms with Gasteiger partial charge in [0.05, 0.1) is 37.4 Å². The molecule has 6 rings (SSSR count). The van der Waals surface area contributed by atoms with E-state index in [2.05, 4.69) is 0 Å². The lowest BCUT2D eigenvalue weighted by Crippen LogP contribution is -2.53. The first-order valence-electron chi connectivity index (χ1n) is 14.2. The van der Waals surface area contributed by atoms with Crippen LogP contribution in [0, 0.1) is 28.1 Å². The molecule has 0 aromatic carbocycles. The van der Waals surface area contributed by atoms with Crippen LogP contribution in [0.25, 0.3) is 0 Å². The van der Waals surface area contributed by atoms with Crippen LogP contribution >= 0.6 is 0 Å². The molecule has 1 aromatic heterocycles. The first-order chi connectivity index (χ1) is 19.9. The van der Waals surface area contributed by atoms with Crippen LogP contribution in [-0.2, 0) is 42.9 Å². The Morgan fingerprint density at radius 1 is 1.14 bits per heavy atom. The third-order valence-electron chi connectivity index (χ3n) is 10.6. The molecule has 2 bridgehead atoms. The maximum atomic E-state index is 14.3. The molecule has 10 heteroatoms. The van der Waals surface area contributed by atoms with Crippen LogP contribution in [0.1, 0.15) is 65.0 Å². The van der Waals surface area contributed by atoms with E-state index in [1.165, 1.54) is 13.4 Å². The van der Waals surface area contributed by atoms with Gasteiger partial charge in [-0.25, -0.2) is 9.59 Å². The van der Waals surface area contributed by atoms with Crippen molar-refractivity contribution in [3.8, 4) is 0 Å². The summed E-state index contributed by atoms with van der Waals surface area (Å²) in [5.41, 5.74) is -0.768. The third kappa shape index (κ3) is 3.59. The molecule has 2 saturated heterocycles. The van der Waals surface area contributed by atoms with E-state index in [-0.39, 0.29) is 18.6 Å². The van der Waals surface area contributed by atoms with Crippen LogP contribution in [0.4, 0.5) is 0 Å². The molecule has 8 atom stereocenters. The van der Waals surface area contributed by atoms with E-state index in [4.69, 9.17) is 23.4 Å². The van der Waals surface area contributed by atoms with E-state index < -0.39 is 70.3 Å². The smallest absolute Gasteiger partial charge is 0.347 e. The van der Waals surface area contributed by atoms with Crippen LogP contribution in [-0.4, -0.2) is 49.0 Å². The van der Waals surface area contributed by atoms with Crippen molar-refractivity contribution < 1.29 is 47.3 Å². The van der Waals surface area contributed by atoms with Crippen molar-refractivity contribution in [3.63, 3.8) is 0 Å². The van der Waals surface area contributed by atoms with Crippen molar-refractivity contribution in [2.45, 2.75) is 71.7 Å². The molecule has 10 nitrogen and oxygen atoms in total. The van der Waals surface area contributed by atoms with Crippen molar-refractivity contribution in [2.24, 2.45) is 28.1 Å². The maximum Gasteiger partial charge on any atom is 0.347 e. The van der Waals surface area contributed by atoms with E-state index in [9.17, 15) is 24.0 Å². The van der Waals surface area contributed by atoms with Crippen LogP contribution in [0.2, 0.25) is 0 Å². The first-order valence-corrected chi connectivity index (χ1v) is 14.2. The topological polar surface area (TPSA) is 135 Å². The van der Waals surface area contributed by atoms with E-state index in [1.807, 2.05) is 13.0 Å². The average Bonchev–Trinajstić information content (AvgIpc) is 3.65. The number of rotatable bonds is 4. The van der Waals surface area contributed by atoms with E-state index >= 15 is 0 Å². The van der Waals surface area contributed by atoms with Gasteiger partial charge < -0.3 is 23.4 Å². The molecule has 0 amide bonds. The normalized spacial score (nSPS) is 39.7. The van der Waals surface area contributed by atoms with Gasteiger partial charge in [0.1, 0.15) is 18.0 Å². The molecular weight excluding hydrogens is 544 g/mol. The predicted octanol–water partition coefficient (Wildman–Crippen LogP) is 4.11. The molecule has 0 unspecified atom stereocenters. The summed E-state index contributed by atoms with van der Waals surface area (Å²) in [7, 11) is 1.18. The number of esters is 4. The minimum absolute atomic E-state index is 0.0124. The number of cyclic esters (lactones) is 2. The van der Waals surface area contributed by atoms with Gasteiger partial charge in [0, 0.05) is 28.4 Å². The number of methoxy groups -OCH3 is 1. The number of Topliss-reactive ketones (excluding diaryl/α,β-unsaturated/α-hetero) is 1. The number of ether oxygens (including phenoxy) is 4. The van der Waals surface area contributed by atoms with E-state index in [0.29, 0.717) is 18.4 Å². The molecule has 3 heterocycles. The van der Waals surface area contributed by atoms with Gasteiger partial charge in [-0.2, -0.15) is 0 Å². The van der Waals surface area contributed by atoms with Gasteiger partial charge in [-0.15, -0.1) is 0 Å². The number of fused-ring (bicyclic) bond motifs is 3. The van der Waals surface area contributed by atoms with Gasteiger partial charge in [0.25, 0.3) is 0 Å². The van der Waals surface area contributed by atoms with Gasteiger partial charge in [0.15, 0.2) is 0 Å². The number of furan rings is 1. The number of allylic oxidation sites excluding steroid dienone is 3. The molecule has 3 fully saturated rings. The highest BCUT2D eigenvalue weighted by Crippen LogP contribution is 2.69. The number of carbonyl (C=O) groups is 5. The monoisotopic (exact) mass is 578 g/mol. The second-order valence-corrected chi connectivity index (χ2v) is 12.5. The lowest BCUT2D eigenvalue weighted by molar-refractivity contribution is -0.169. The van der Waals surface area contributed by atoms with Gasteiger partial charge in [-0.05, 0) is 55.9 Å². The molecule has 0 radical (unpaired) electrons. The summed E-state index contributed by atoms with van der Waals surface area (Å²) < 4.78 is 27.9. The van der Waals surface area contributed by atoms with Crippen molar-refractivity contribution in [1.29, 1.82) is 0 Å². The summed E-state index contributed by atoms with van der Waals surface area (Å²) in [6.45, 7) is 7.08. The minimum atomic E-state index is -1.49. The van der Waals surface area contributed by atoms with Crippen molar-refractivity contribution in [3.05, 3.63) is 59.1 Å². The zero-order valence-corrected chi connectivity index (χ0v) is 24.3. The van der Waals surface area contributed by atoms with E-state index in [0.717, 1.165) is 16.7 Å². The van der Waals surface area contributed by atoms with Crippen LogP contribution in [0.3, 0.4) is 0 Å². The van der Waals surface area contributed by atoms with Crippen molar-refractivity contribution in [1.82, 2.24) is 0 Å². The molecule has 0 spiro atoms. The fourth-order valence-electron chi connectivity index (χ4n) is 8.35. The number of carbonyl (C=O) groups excluding carboxylic acids is 5. The number of ketones is 1. The Kier molecular flexibility index (Phi) is 6.40. The molecule has 5 aliphatic rings. The lowest BCUT2D eigenvalue weighted by atomic mass is 9.52. The molecular formula is C32H34O10. The Bertz CT molecular complexity index is 1480. The van der Waals surface area contributed by atoms with Crippen LogP contribution < -0.4 is 0 Å². The molecule has 2 aliphatic heterocycles. The van der Waals surface area contributed by atoms with Crippen molar-refractivity contribution >= 4 is 29.7 Å². The quantitative estimate of drug-likeness (QED) is 0.292.